The normalized spacial score (nSPS) is 13.6. The first-order valence-corrected chi connectivity index (χ1v) is 6.24. The third kappa shape index (κ3) is 4.07. The fourth-order valence-corrected chi connectivity index (χ4v) is 1.74. The molecule has 0 fully saturated rings. The van der Waals surface area contributed by atoms with Gasteiger partial charge in [0.15, 0.2) is 0 Å². The summed E-state index contributed by atoms with van der Waals surface area (Å²) in [6.07, 6.45) is 0.331. The SMILES string of the molecule is C=C(C)C(C)C(=C)c1ccc(CC(N)C(=O)O)cc1. The van der Waals surface area contributed by atoms with Crippen LogP contribution in [0.5, 0.6) is 0 Å². The topological polar surface area (TPSA) is 63.3 Å². The van der Waals surface area contributed by atoms with E-state index < -0.39 is 12.0 Å². The molecule has 0 bridgehead atoms. The summed E-state index contributed by atoms with van der Waals surface area (Å²) >= 11 is 0. The van der Waals surface area contributed by atoms with Crippen molar-refractivity contribution in [3.63, 3.8) is 0 Å². The zero-order valence-electron chi connectivity index (χ0n) is 11.5. The summed E-state index contributed by atoms with van der Waals surface area (Å²) in [6.45, 7) is 12.1. The molecule has 0 aliphatic carbocycles. The molecule has 3 heteroatoms. The molecule has 0 aliphatic heterocycles. The van der Waals surface area contributed by atoms with E-state index in [9.17, 15) is 4.79 Å². The summed E-state index contributed by atoms with van der Waals surface area (Å²) < 4.78 is 0. The van der Waals surface area contributed by atoms with Gasteiger partial charge in [-0.2, -0.15) is 0 Å². The van der Waals surface area contributed by atoms with Crippen molar-refractivity contribution in [3.05, 3.63) is 54.1 Å². The first-order chi connectivity index (χ1) is 8.82. The Morgan fingerprint density at radius 2 is 1.84 bits per heavy atom. The molecule has 0 spiro atoms. The molecule has 0 saturated heterocycles. The Bertz CT molecular complexity index is 488. The number of hydrogen-bond acceptors (Lipinski definition) is 2. The van der Waals surface area contributed by atoms with Gasteiger partial charge in [-0.1, -0.05) is 49.9 Å². The van der Waals surface area contributed by atoms with Gasteiger partial charge < -0.3 is 10.8 Å². The van der Waals surface area contributed by atoms with E-state index in [0.29, 0.717) is 6.42 Å². The molecule has 0 heterocycles. The molecule has 0 radical (unpaired) electrons. The minimum Gasteiger partial charge on any atom is -0.480 e. The average Bonchev–Trinajstić information content (AvgIpc) is 2.37. The molecular weight excluding hydrogens is 238 g/mol. The fraction of sp³-hybridized carbons (Fsp3) is 0.312. The number of benzene rings is 1. The molecule has 19 heavy (non-hydrogen) atoms. The lowest BCUT2D eigenvalue weighted by Gasteiger charge is -2.15. The van der Waals surface area contributed by atoms with Crippen molar-refractivity contribution in [1.29, 1.82) is 0 Å². The first-order valence-electron chi connectivity index (χ1n) is 6.24. The molecule has 102 valence electrons. The molecule has 0 aromatic heterocycles. The molecule has 2 unspecified atom stereocenters. The maximum Gasteiger partial charge on any atom is 0.320 e. The van der Waals surface area contributed by atoms with E-state index in [-0.39, 0.29) is 5.92 Å². The third-order valence-electron chi connectivity index (χ3n) is 3.36. The zero-order chi connectivity index (χ0) is 14.6. The number of carboxylic acids is 1. The van der Waals surface area contributed by atoms with Gasteiger partial charge >= 0.3 is 5.97 Å². The van der Waals surface area contributed by atoms with E-state index >= 15 is 0 Å². The van der Waals surface area contributed by atoms with Crippen LogP contribution in [0.1, 0.15) is 25.0 Å². The van der Waals surface area contributed by atoms with Crippen LogP contribution in [0, 0.1) is 5.92 Å². The van der Waals surface area contributed by atoms with Gasteiger partial charge in [0.1, 0.15) is 6.04 Å². The van der Waals surface area contributed by atoms with Crippen molar-refractivity contribution in [2.75, 3.05) is 0 Å². The zero-order valence-corrected chi connectivity index (χ0v) is 11.5. The second-order valence-corrected chi connectivity index (χ2v) is 4.94. The van der Waals surface area contributed by atoms with E-state index in [4.69, 9.17) is 10.8 Å². The molecule has 1 rings (SSSR count). The van der Waals surface area contributed by atoms with Crippen molar-refractivity contribution in [1.82, 2.24) is 0 Å². The Morgan fingerprint density at radius 1 is 1.32 bits per heavy atom. The maximum absolute atomic E-state index is 10.7. The number of carboxylic acid groups (broad SMARTS) is 1. The van der Waals surface area contributed by atoms with Crippen LogP contribution in [0.15, 0.2) is 43.0 Å². The van der Waals surface area contributed by atoms with Crippen LogP contribution in [0.3, 0.4) is 0 Å². The third-order valence-corrected chi connectivity index (χ3v) is 3.36. The summed E-state index contributed by atoms with van der Waals surface area (Å²) in [6, 6.07) is 6.84. The van der Waals surface area contributed by atoms with Crippen LogP contribution in [0.2, 0.25) is 0 Å². The molecule has 0 amide bonds. The summed E-state index contributed by atoms with van der Waals surface area (Å²) in [5.74, 6) is -0.753. The number of aliphatic carboxylic acids is 1. The van der Waals surface area contributed by atoms with Gasteiger partial charge in [-0.05, 0) is 30.0 Å². The number of nitrogens with two attached hydrogens (primary N) is 1. The highest BCUT2D eigenvalue weighted by molar-refractivity contribution is 5.73. The van der Waals surface area contributed by atoms with E-state index in [0.717, 1.165) is 22.3 Å². The summed E-state index contributed by atoms with van der Waals surface area (Å²) in [5.41, 5.74) is 9.55. The molecule has 0 aliphatic rings. The molecule has 1 aromatic rings. The molecule has 1 aromatic carbocycles. The number of carbonyl (C=O) groups is 1. The Kier molecular flexibility index (Phi) is 5.07. The lowest BCUT2D eigenvalue weighted by molar-refractivity contribution is -0.138. The molecular formula is C16H21NO2. The second kappa shape index (κ2) is 6.34. The maximum atomic E-state index is 10.7. The van der Waals surface area contributed by atoms with Gasteiger partial charge in [0.2, 0.25) is 0 Å². The predicted molar refractivity (Wildman–Crippen MR) is 78.8 cm³/mol. The first kappa shape index (κ1) is 15.2. The van der Waals surface area contributed by atoms with Gasteiger partial charge in [0, 0.05) is 5.92 Å². The van der Waals surface area contributed by atoms with Gasteiger partial charge in [-0.15, -0.1) is 0 Å². The Hall–Kier alpha value is -1.87. The summed E-state index contributed by atoms with van der Waals surface area (Å²) in [7, 11) is 0. The number of hydrogen-bond donors (Lipinski definition) is 2. The minimum atomic E-state index is -0.982. The molecule has 3 N–H and O–H groups in total. The quantitative estimate of drug-likeness (QED) is 0.772. The highest BCUT2D eigenvalue weighted by Gasteiger charge is 2.13. The van der Waals surface area contributed by atoms with Crippen molar-refractivity contribution in [2.45, 2.75) is 26.3 Å². The minimum absolute atomic E-state index is 0.229. The Balaban J connectivity index is 2.79. The van der Waals surface area contributed by atoms with E-state index in [1.807, 2.05) is 31.2 Å². The van der Waals surface area contributed by atoms with Crippen LogP contribution >= 0.6 is 0 Å². The smallest absolute Gasteiger partial charge is 0.320 e. The highest BCUT2D eigenvalue weighted by atomic mass is 16.4. The van der Waals surface area contributed by atoms with E-state index in [1.54, 1.807) is 0 Å². The van der Waals surface area contributed by atoms with E-state index in [1.165, 1.54) is 0 Å². The largest absolute Gasteiger partial charge is 0.480 e. The number of allylic oxidation sites excluding steroid dienone is 2. The van der Waals surface area contributed by atoms with Crippen molar-refractivity contribution in [3.8, 4) is 0 Å². The Morgan fingerprint density at radius 3 is 2.26 bits per heavy atom. The highest BCUT2D eigenvalue weighted by Crippen LogP contribution is 2.26. The fourth-order valence-electron chi connectivity index (χ4n) is 1.74. The monoisotopic (exact) mass is 259 g/mol. The van der Waals surface area contributed by atoms with E-state index in [2.05, 4.69) is 20.1 Å². The van der Waals surface area contributed by atoms with Crippen LogP contribution in [0.25, 0.3) is 5.57 Å². The second-order valence-electron chi connectivity index (χ2n) is 4.94. The molecule has 0 saturated carbocycles. The molecule has 3 nitrogen and oxygen atoms in total. The van der Waals surface area contributed by atoms with Gasteiger partial charge in [0.25, 0.3) is 0 Å². The molecule has 2 atom stereocenters. The lowest BCUT2D eigenvalue weighted by Crippen LogP contribution is -2.32. The van der Waals surface area contributed by atoms with Crippen molar-refractivity contribution in [2.24, 2.45) is 11.7 Å². The van der Waals surface area contributed by atoms with Crippen molar-refractivity contribution < 1.29 is 9.90 Å². The Labute approximate surface area is 114 Å². The lowest BCUT2D eigenvalue weighted by atomic mass is 9.90. The van der Waals surface area contributed by atoms with Crippen molar-refractivity contribution >= 4 is 11.5 Å². The van der Waals surface area contributed by atoms with Crippen LogP contribution < -0.4 is 5.73 Å². The summed E-state index contributed by atoms with van der Waals surface area (Å²) in [4.78, 5) is 10.7. The predicted octanol–water partition coefficient (Wildman–Crippen LogP) is 2.87. The standard InChI is InChI=1S/C16H21NO2/c1-10(2)11(3)12(4)14-7-5-13(6-8-14)9-15(17)16(18)19/h5-8,11,15H,1,4,9,17H2,2-3H3,(H,18,19). The van der Waals surface area contributed by atoms with Gasteiger partial charge in [0.05, 0.1) is 0 Å². The summed E-state index contributed by atoms with van der Waals surface area (Å²) in [5, 5.41) is 8.77. The van der Waals surface area contributed by atoms with Crippen LogP contribution in [-0.2, 0) is 11.2 Å². The van der Waals surface area contributed by atoms with Gasteiger partial charge in [-0.25, -0.2) is 0 Å². The average molecular weight is 259 g/mol. The number of rotatable bonds is 6. The van der Waals surface area contributed by atoms with Crippen LogP contribution in [-0.4, -0.2) is 17.1 Å². The van der Waals surface area contributed by atoms with Gasteiger partial charge in [-0.3, -0.25) is 4.79 Å². The van der Waals surface area contributed by atoms with Crippen LogP contribution in [0.4, 0.5) is 0 Å².